The summed E-state index contributed by atoms with van der Waals surface area (Å²) >= 11 is 0. The molecule has 0 aliphatic carbocycles. The van der Waals surface area contributed by atoms with Gasteiger partial charge in [0.05, 0.1) is 5.69 Å². The standard InChI is InChI=1S/C14H17N3O2/c1-6-13-9(2)11(4)14(12(5)10(13)3)17(15-7-18)16-8-19/h6H2,1-5H3. The summed E-state index contributed by atoms with van der Waals surface area (Å²) in [5, 5.41) is 7.87. The maximum atomic E-state index is 10.5. The Morgan fingerprint density at radius 1 is 0.895 bits per heavy atom. The SMILES string of the molecule is CCc1c(C)c(C)c(N(N=C=O)N=C=O)c(C)c1C. The molecule has 1 rings (SSSR count). The van der Waals surface area contributed by atoms with E-state index in [4.69, 9.17) is 0 Å². The van der Waals surface area contributed by atoms with E-state index in [-0.39, 0.29) is 0 Å². The molecule has 0 amide bonds. The molecule has 0 saturated carbocycles. The van der Waals surface area contributed by atoms with E-state index in [1.54, 1.807) is 0 Å². The highest BCUT2D eigenvalue weighted by Crippen LogP contribution is 2.33. The largest absolute Gasteiger partial charge is 0.260 e. The molecule has 0 radical (unpaired) electrons. The van der Waals surface area contributed by atoms with Gasteiger partial charge in [-0.1, -0.05) is 17.1 Å². The minimum Gasteiger partial charge on any atom is -0.209 e. The molecule has 0 N–H and O–H groups in total. The van der Waals surface area contributed by atoms with Gasteiger partial charge < -0.3 is 0 Å². The lowest BCUT2D eigenvalue weighted by Gasteiger charge is -2.22. The van der Waals surface area contributed by atoms with Crippen LogP contribution in [0.5, 0.6) is 0 Å². The van der Waals surface area contributed by atoms with E-state index in [1.807, 2.05) is 27.7 Å². The van der Waals surface area contributed by atoms with Crippen LogP contribution in [0.2, 0.25) is 0 Å². The van der Waals surface area contributed by atoms with E-state index in [2.05, 4.69) is 17.1 Å². The summed E-state index contributed by atoms with van der Waals surface area (Å²) in [6.07, 6.45) is 3.73. The van der Waals surface area contributed by atoms with Gasteiger partial charge in [0.2, 0.25) is 0 Å². The number of anilines is 1. The van der Waals surface area contributed by atoms with Gasteiger partial charge >= 0.3 is 0 Å². The summed E-state index contributed by atoms with van der Waals surface area (Å²) in [6, 6.07) is 0. The lowest BCUT2D eigenvalue weighted by molar-refractivity contribution is 0.557. The van der Waals surface area contributed by atoms with Crippen molar-refractivity contribution in [1.82, 2.24) is 0 Å². The molecule has 0 saturated heterocycles. The van der Waals surface area contributed by atoms with E-state index < -0.39 is 0 Å². The summed E-state index contributed by atoms with van der Waals surface area (Å²) in [5.74, 6) is 0. The highest BCUT2D eigenvalue weighted by Gasteiger charge is 2.18. The van der Waals surface area contributed by atoms with Crippen LogP contribution in [0, 0.1) is 27.7 Å². The van der Waals surface area contributed by atoms with Crippen molar-refractivity contribution in [2.24, 2.45) is 10.2 Å². The number of hydrazone groups is 2. The second-order valence-electron chi connectivity index (χ2n) is 4.35. The average Bonchev–Trinajstić information content (AvgIpc) is 2.38. The Bertz CT molecular complexity index is 548. The summed E-state index contributed by atoms with van der Waals surface area (Å²) in [7, 11) is 0. The molecule has 0 unspecified atom stereocenters. The van der Waals surface area contributed by atoms with Crippen molar-refractivity contribution >= 4 is 17.8 Å². The first-order valence-electron chi connectivity index (χ1n) is 6.04. The fourth-order valence-electron chi connectivity index (χ4n) is 2.40. The van der Waals surface area contributed by atoms with Crippen LogP contribution < -0.4 is 5.12 Å². The maximum Gasteiger partial charge on any atom is 0.260 e. The number of rotatable bonds is 4. The Labute approximate surface area is 112 Å². The van der Waals surface area contributed by atoms with Crippen LogP contribution in [0.25, 0.3) is 0 Å². The molecule has 0 spiro atoms. The first-order valence-corrected chi connectivity index (χ1v) is 6.04. The second-order valence-corrected chi connectivity index (χ2v) is 4.35. The minimum absolute atomic E-state index is 0.638. The zero-order valence-electron chi connectivity index (χ0n) is 11.9. The van der Waals surface area contributed by atoms with Crippen LogP contribution in [-0.2, 0) is 16.0 Å². The summed E-state index contributed by atoms with van der Waals surface area (Å²) in [6.45, 7) is 9.96. The first-order chi connectivity index (χ1) is 8.99. The zero-order chi connectivity index (χ0) is 14.6. The van der Waals surface area contributed by atoms with Crippen LogP contribution in [0.4, 0.5) is 5.69 Å². The normalized spacial score (nSPS) is 9.53. The Kier molecular flexibility index (Phi) is 4.76. The molecule has 0 heterocycles. The van der Waals surface area contributed by atoms with Crippen molar-refractivity contribution in [3.8, 4) is 0 Å². The van der Waals surface area contributed by atoms with Crippen LogP contribution >= 0.6 is 0 Å². The predicted octanol–water partition coefficient (Wildman–Crippen LogP) is 2.79. The molecular formula is C14H17N3O2. The Morgan fingerprint density at radius 3 is 1.63 bits per heavy atom. The molecule has 0 bridgehead atoms. The van der Waals surface area contributed by atoms with Gasteiger partial charge in [-0.2, -0.15) is 0 Å². The quantitative estimate of drug-likeness (QED) is 0.474. The summed E-state index contributed by atoms with van der Waals surface area (Å²) in [4.78, 5) is 20.9. The Balaban J connectivity index is 3.69. The van der Waals surface area contributed by atoms with Crippen LogP contribution in [0.15, 0.2) is 10.2 Å². The fraction of sp³-hybridized carbons (Fsp3) is 0.429. The number of isocyanates is 2. The molecule has 0 atom stereocenters. The summed E-state index contributed by atoms with van der Waals surface area (Å²) in [5.41, 5.74) is 6.03. The van der Waals surface area contributed by atoms with Crippen molar-refractivity contribution in [2.75, 3.05) is 5.12 Å². The van der Waals surface area contributed by atoms with Gasteiger partial charge in [0.1, 0.15) is 0 Å². The zero-order valence-corrected chi connectivity index (χ0v) is 11.9. The Morgan fingerprint density at radius 2 is 1.32 bits per heavy atom. The van der Waals surface area contributed by atoms with E-state index in [0.717, 1.165) is 33.8 Å². The lowest BCUT2D eigenvalue weighted by Crippen LogP contribution is -2.13. The van der Waals surface area contributed by atoms with Gasteiger partial charge in [0.25, 0.3) is 12.2 Å². The van der Waals surface area contributed by atoms with Gasteiger partial charge in [-0.25, -0.2) is 9.59 Å². The second kappa shape index (κ2) is 6.10. The molecule has 5 nitrogen and oxygen atoms in total. The van der Waals surface area contributed by atoms with Crippen LogP contribution in [0.3, 0.4) is 0 Å². The average molecular weight is 259 g/mol. The number of carbonyl (C=O) groups excluding carboxylic acids is 2. The van der Waals surface area contributed by atoms with Crippen molar-refractivity contribution in [3.63, 3.8) is 0 Å². The first kappa shape index (κ1) is 14.8. The van der Waals surface area contributed by atoms with Gasteiger partial charge in [0.15, 0.2) is 0 Å². The predicted molar refractivity (Wildman–Crippen MR) is 73.5 cm³/mol. The van der Waals surface area contributed by atoms with Crippen LogP contribution in [-0.4, -0.2) is 12.2 Å². The lowest BCUT2D eigenvalue weighted by atomic mass is 9.91. The van der Waals surface area contributed by atoms with Crippen molar-refractivity contribution in [2.45, 2.75) is 41.0 Å². The number of nitrogens with zero attached hydrogens (tertiary/aromatic N) is 3. The van der Waals surface area contributed by atoms with Gasteiger partial charge in [-0.3, -0.25) is 0 Å². The van der Waals surface area contributed by atoms with Gasteiger partial charge in [0, 0.05) is 0 Å². The third kappa shape index (κ3) is 2.63. The minimum atomic E-state index is 0.638. The number of benzene rings is 1. The third-order valence-corrected chi connectivity index (χ3v) is 3.57. The molecule has 1 aromatic rings. The van der Waals surface area contributed by atoms with Gasteiger partial charge in [-0.05, 0) is 61.9 Å². The van der Waals surface area contributed by atoms with Crippen molar-refractivity contribution < 1.29 is 9.59 Å². The molecule has 19 heavy (non-hydrogen) atoms. The third-order valence-electron chi connectivity index (χ3n) is 3.57. The molecule has 0 fully saturated rings. The van der Waals surface area contributed by atoms with Crippen molar-refractivity contribution in [1.29, 1.82) is 0 Å². The van der Waals surface area contributed by atoms with E-state index in [0.29, 0.717) is 5.69 Å². The maximum absolute atomic E-state index is 10.5. The molecule has 5 heteroatoms. The molecular weight excluding hydrogens is 242 g/mol. The molecule has 0 aliphatic heterocycles. The number of hydrogen-bond acceptors (Lipinski definition) is 5. The van der Waals surface area contributed by atoms with E-state index in [1.165, 1.54) is 17.7 Å². The fourth-order valence-corrected chi connectivity index (χ4v) is 2.40. The summed E-state index contributed by atoms with van der Waals surface area (Å²) < 4.78 is 0. The van der Waals surface area contributed by atoms with Crippen LogP contribution in [0.1, 0.15) is 34.7 Å². The van der Waals surface area contributed by atoms with E-state index >= 15 is 0 Å². The monoisotopic (exact) mass is 259 g/mol. The van der Waals surface area contributed by atoms with E-state index in [9.17, 15) is 9.59 Å². The number of hydrogen-bond donors (Lipinski definition) is 0. The molecule has 0 aliphatic rings. The van der Waals surface area contributed by atoms with Gasteiger partial charge in [-0.15, -0.1) is 5.12 Å². The van der Waals surface area contributed by atoms with Crippen molar-refractivity contribution in [3.05, 3.63) is 27.8 Å². The Hall–Kier alpha value is -2.22. The smallest absolute Gasteiger partial charge is 0.209 e. The topological polar surface area (TPSA) is 62.1 Å². The molecule has 100 valence electrons. The highest BCUT2D eigenvalue weighted by atomic mass is 16.1. The molecule has 1 aromatic carbocycles. The molecule has 0 aromatic heterocycles. The highest BCUT2D eigenvalue weighted by molar-refractivity contribution is 5.67.